The van der Waals surface area contributed by atoms with E-state index < -0.39 is 0 Å². The minimum atomic E-state index is 0. The van der Waals surface area contributed by atoms with Crippen molar-refractivity contribution in [3.05, 3.63) is 47.5 Å². The van der Waals surface area contributed by atoms with E-state index in [0.717, 1.165) is 66.9 Å². The minimum absolute atomic E-state index is 0. The first-order chi connectivity index (χ1) is 15.1. The van der Waals surface area contributed by atoms with Gasteiger partial charge in [0.1, 0.15) is 11.5 Å². The molecular weight excluding hydrogens is 521 g/mol. The van der Waals surface area contributed by atoms with E-state index in [0.29, 0.717) is 6.61 Å². The Labute approximate surface area is 208 Å². The van der Waals surface area contributed by atoms with Crippen LogP contribution < -0.4 is 29.6 Å². The molecule has 2 aromatic rings. The van der Waals surface area contributed by atoms with Crippen molar-refractivity contribution in [2.24, 2.45) is 4.99 Å². The first-order valence-corrected chi connectivity index (χ1v) is 10.6. The number of aliphatic imine (C=N–C) groups is 1. The fourth-order valence-electron chi connectivity index (χ4n) is 3.26. The number of halogens is 1. The van der Waals surface area contributed by atoms with Crippen LogP contribution in [0.5, 0.6) is 23.0 Å². The molecule has 0 saturated carbocycles. The fraction of sp³-hybridized carbons (Fsp3) is 0.458. The van der Waals surface area contributed by atoms with Crippen LogP contribution in [-0.2, 0) is 12.8 Å². The maximum atomic E-state index is 5.66. The van der Waals surface area contributed by atoms with Gasteiger partial charge in [0.2, 0.25) is 0 Å². The summed E-state index contributed by atoms with van der Waals surface area (Å²) in [5, 5.41) is 6.72. The van der Waals surface area contributed by atoms with Gasteiger partial charge in [0.05, 0.1) is 27.9 Å². The molecule has 0 amide bonds. The molecule has 0 aliphatic rings. The molecule has 7 nitrogen and oxygen atoms in total. The molecule has 0 atom stereocenters. The Morgan fingerprint density at radius 1 is 0.844 bits per heavy atom. The molecule has 2 rings (SSSR count). The zero-order valence-electron chi connectivity index (χ0n) is 19.7. The predicted octanol–water partition coefficient (Wildman–Crippen LogP) is 4.07. The molecule has 0 spiro atoms. The number of guanidine groups is 1. The predicted molar refractivity (Wildman–Crippen MR) is 141 cm³/mol. The van der Waals surface area contributed by atoms with Gasteiger partial charge < -0.3 is 29.6 Å². The number of methoxy groups -OCH3 is 3. The van der Waals surface area contributed by atoms with Crippen molar-refractivity contribution in [2.45, 2.75) is 26.2 Å². The van der Waals surface area contributed by atoms with E-state index in [1.807, 2.05) is 31.2 Å². The summed E-state index contributed by atoms with van der Waals surface area (Å²) in [6.07, 6.45) is 2.71. The summed E-state index contributed by atoms with van der Waals surface area (Å²) in [5.74, 6) is 4.02. The monoisotopic (exact) mass is 557 g/mol. The lowest BCUT2D eigenvalue weighted by molar-refractivity contribution is 0.310. The number of aryl methyl sites for hydroxylation is 1. The Hall–Kier alpha value is -2.36. The highest BCUT2D eigenvalue weighted by molar-refractivity contribution is 14.0. The van der Waals surface area contributed by atoms with E-state index in [1.165, 1.54) is 5.56 Å². The number of benzene rings is 2. The first kappa shape index (κ1) is 27.7. The van der Waals surface area contributed by atoms with E-state index in [9.17, 15) is 0 Å². The number of nitrogens with one attached hydrogen (secondary N) is 2. The van der Waals surface area contributed by atoms with Crippen LogP contribution in [0.25, 0.3) is 0 Å². The molecule has 178 valence electrons. The Morgan fingerprint density at radius 2 is 1.56 bits per heavy atom. The highest BCUT2D eigenvalue weighted by Gasteiger charge is 2.07. The van der Waals surface area contributed by atoms with E-state index >= 15 is 0 Å². The van der Waals surface area contributed by atoms with Gasteiger partial charge in [-0.2, -0.15) is 0 Å². The lowest BCUT2D eigenvalue weighted by Crippen LogP contribution is -2.38. The van der Waals surface area contributed by atoms with Gasteiger partial charge >= 0.3 is 0 Å². The van der Waals surface area contributed by atoms with Crippen molar-refractivity contribution < 1.29 is 18.9 Å². The Morgan fingerprint density at radius 3 is 2.22 bits per heavy atom. The second kappa shape index (κ2) is 15.4. The third kappa shape index (κ3) is 8.64. The largest absolute Gasteiger partial charge is 0.497 e. The normalized spacial score (nSPS) is 10.7. The van der Waals surface area contributed by atoms with Crippen LogP contribution in [0.4, 0.5) is 0 Å². The van der Waals surface area contributed by atoms with E-state index in [1.54, 1.807) is 28.4 Å². The van der Waals surface area contributed by atoms with Crippen molar-refractivity contribution >= 4 is 29.9 Å². The van der Waals surface area contributed by atoms with Gasteiger partial charge in [-0.25, -0.2) is 0 Å². The zero-order chi connectivity index (χ0) is 22.5. The van der Waals surface area contributed by atoms with Gasteiger partial charge in [-0.1, -0.05) is 6.07 Å². The average Bonchev–Trinajstić information content (AvgIpc) is 2.80. The number of hydrogen-bond donors (Lipinski definition) is 2. The number of nitrogens with zero attached hydrogens (tertiary/aromatic N) is 1. The maximum Gasteiger partial charge on any atom is 0.190 e. The number of rotatable bonds is 12. The van der Waals surface area contributed by atoms with Crippen molar-refractivity contribution in [1.29, 1.82) is 0 Å². The molecule has 0 bridgehead atoms. The maximum absolute atomic E-state index is 5.66. The summed E-state index contributed by atoms with van der Waals surface area (Å²) in [4.78, 5) is 4.30. The van der Waals surface area contributed by atoms with Crippen LogP contribution in [0.3, 0.4) is 0 Å². The molecule has 0 fully saturated rings. The van der Waals surface area contributed by atoms with Crippen LogP contribution in [0, 0.1) is 0 Å². The smallest absolute Gasteiger partial charge is 0.190 e. The molecule has 0 aliphatic carbocycles. The summed E-state index contributed by atoms with van der Waals surface area (Å²) in [6, 6.07) is 11.9. The molecule has 32 heavy (non-hydrogen) atoms. The van der Waals surface area contributed by atoms with E-state index in [4.69, 9.17) is 18.9 Å². The minimum Gasteiger partial charge on any atom is -0.497 e. The van der Waals surface area contributed by atoms with Gasteiger partial charge in [-0.05, 0) is 67.6 Å². The highest BCUT2D eigenvalue weighted by atomic mass is 127. The van der Waals surface area contributed by atoms with Crippen molar-refractivity contribution in [3.63, 3.8) is 0 Å². The molecule has 0 radical (unpaired) electrons. The third-order valence-corrected chi connectivity index (χ3v) is 4.86. The molecule has 2 aromatic carbocycles. The second-order valence-corrected chi connectivity index (χ2v) is 6.88. The number of hydrogen-bond acceptors (Lipinski definition) is 5. The first-order valence-electron chi connectivity index (χ1n) is 10.6. The molecule has 0 aliphatic heterocycles. The summed E-state index contributed by atoms with van der Waals surface area (Å²) in [5.41, 5.74) is 2.31. The van der Waals surface area contributed by atoms with E-state index in [-0.39, 0.29) is 24.0 Å². The molecule has 0 unspecified atom stereocenters. The highest BCUT2D eigenvalue weighted by Crippen LogP contribution is 2.28. The topological polar surface area (TPSA) is 73.3 Å². The summed E-state index contributed by atoms with van der Waals surface area (Å²) < 4.78 is 21.8. The van der Waals surface area contributed by atoms with Crippen molar-refractivity contribution in [3.8, 4) is 23.0 Å². The second-order valence-electron chi connectivity index (χ2n) is 6.88. The summed E-state index contributed by atoms with van der Waals surface area (Å²) >= 11 is 0. The number of ether oxygens (including phenoxy) is 4. The standard InChI is InChI=1S/C24H35N3O4.HI/c1-6-31-23-16-18(9-11-22(23)30-5)8-7-14-26-24(25-2)27-15-13-19-17-20(28-3)10-12-21(19)29-4;/h9-12,16-17H,6-8,13-15H2,1-5H3,(H2,25,26,27);1H. The molecule has 0 heterocycles. The van der Waals surface area contributed by atoms with Gasteiger partial charge in [0, 0.05) is 20.1 Å². The molecule has 8 heteroatoms. The average molecular weight is 557 g/mol. The molecule has 0 aromatic heterocycles. The lowest BCUT2D eigenvalue weighted by Gasteiger charge is -2.14. The lowest BCUT2D eigenvalue weighted by atomic mass is 10.1. The van der Waals surface area contributed by atoms with Gasteiger partial charge in [0.15, 0.2) is 17.5 Å². The Bertz CT molecular complexity index is 846. The van der Waals surface area contributed by atoms with Gasteiger partial charge in [0.25, 0.3) is 0 Å². The summed E-state index contributed by atoms with van der Waals surface area (Å²) in [7, 11) is 6.78. The van der Waals surface area contributed by atoms with Crippen LogP contribution in [-0.4, -0.2) is 54.0 Å². The quantitative estimate of drug-likeness (QED) is 0.178. The Kier molecular flexibility index (Phi) is 13.4. The molecule has 0 saturated heterocycles. The third-order valence-electron chi connectivity index (χ3n) is 4.86. The van der Waals surface area contributed by atoms with Gasteiger partial charge in [-0.3, -0.25) is 4.99 Å². The van der Waals surface area contributed by atoms with Crippen molar-refractivity contribution in [1.82, 2.24) is 10.6 Å². The van der Waals surface area contributed by atoms with Crippen LogP contribution in [0.1, 0.15) is 24.5 Å². The van der Waals surface area contributed by atoms with E-state index in [2.05, 4.69) is 27.8 Å². The molecular formula is C24H36IN3O4. The fourth-order valence-corrected chi connectivity index (χ4v) is 3.26. The Balaban J connectivity index is 0.00000512. The van der Waals surface area contributed by atoms with Crippen LogP contribution in [0.2, 0.25) is 0 Å². The zero-order valence-corrected chi connectivity index (χ0v) is 22.0. The van der Waals surface area contributed by atoms with Crippen molar-refractivity contribution in [2.75, 3.05) is 48.1 Å². The van der Waals surface area contributed by atoms with Crippen LogP contribution >= 0.6 is 24.0 Å². The van der Waals surface area contributed by atoms with Gasteiger partial charge in [-0.15, -0.1) is 24.0 Å². The molecule has 2 N–H and O–H groups in total. The van der Waals surface area contributed by atoms with Crippen LogP contribution in [0.15, 0.2) is 41.4 Å². The SMILES string of the molecule is CCOc1cc(CCCNC(=NC)NCCc2cc(OC)ccc2OC)ccc1OC.I. The summed E-state index contributed by atoms with van der Waals surface area (Å²) in [6.45, 7) is 4.14.